The van der Waals surface area contributed by atoms with E-state index in [2.05, 4.69) is 50.4 Å². The Hall–Kier alpha value is -1.96. The zero-order valence-corrected chi connectivity index (χ0v) is 11.4. The molecule has 18 heavy (non-hydrogen) atoms. The van der Waals surface area contributed by atoms with Gasteiger partial charge in [0.15, 0.2) is 0 Å². The average Bonchev–Trinajstić information content (AvgIpc) is 2.35. The van der Waals surface area contributed by atoms with Gasteiger partial charge in [0.05, 0.1) is 7.11 Å². The smallest absolute Gasteiger partial charge is 0.119 e. The highest BCUT2D eigenvalue weighted by molar-refractivity contribution is 5.69. The van der Waals surface area contributed by atoms with E-state index in [0.717, 1.165) is 11.4 Å². The van der Waals surface area contributed by atoms with Crippen LogP contribution in [-0.2, 0) is 0 Å². The summed E-state index contributed by atoms with van der Waals surface area (Å²) in [5.41, 5.74) is 5.99. The quantitative estimate of drug-likeness (QED) is 0.861. The summed E-state index contributed by atoms with van der Waals surface area (Å²) in [6.07, 6.45) is 0. The zero-order chi connectivity index (χ0) is 13.1. The number of para-hydroxylation sites is 1. The molecule has 0 aliphatic heterocycles. The maximum atomic E-state index is 5.22. The number of rotatable bonds is 3. The molecular formula is C16H19NO. The number of methoxy groups -OCH3 is 1. The van der Waals surface area contributed by atoms with Gasteiger partial charge in [-0.25, -0.2) is 0 Å². The van der Waals surface area contributed by atoms with Crippen LogP contribution < -0.4 is 10.1 Å². The lowest BCUT2D eigenvalue weighted by Gasteiger charge is -2.15. The van der Waals surface area contributed by atoms with E-state index in [1.807, 2.05) is 12.1 Å². The number of ether oxygens (including phenoxy) is 1. The minimum Gasteiger partial charge on any atom is -0.497 e. The van der Waals surface area contributed by atoms with Crippen LogP contribution in [0.25, 0.3) is 0 Å². The summed E-state index contributed by atoms with van der Waals surface area (Å²) in [7, 11) is 1.69. The molecule has 0 fully saturated rings. The van der Waals surface area contributed by atoms with Gasteiger partial charge in [0, 0.05) is 11.4 Å². The summed E-state index contributed by atoms with van der Waals surface area (Å²) in [5.74, 6) is 0.888. The fraction of sp³-hybridized carbons (Fsp3) is 0.250. The Bertz CT molecular complexity index is 541. The molecule has 2 aromatic carbocycles. The maximum absolute atomic E-state index is 5.22. The Kier molecular flexibility index (Phi) is 3.56. The van der Waals surface area contributed by atoms with Crippen LogP contribution in [0.5, 0.6) is 5.75 Å². The first-order valence-electron chi connectivity index (χ1n) is 6.09. The summed E-state index contributed by atoms with van der Waals surface area (Å²) >= 11 is 0. The maximum Gasteiger partial charge on any atom is 0.119 e. The predicted molar refractivity (Wildman–Crippen MR) is 76.9 cm³/mol. The van der Waals surface area contributed by atoms with Crippen molar-refractivity contribution in [2.75, 3.05) is 12.4 Å². The molecule has 0 aliphatic carbocycles. The highest BCUT2D eigenvalue weighted by Gasteiger charge is 2.05. The summed E-state index contributed by atoms with van der Waals surface area (Å²) in [6.45, 7) is 6.32. The van der Waals surface area contributed by atoms with E-state index in [1.165, 1.54) is 22.4 Å². The third kappa shape index (κ3) is 2.48. The summed E-state index contributed by atoms with van der Waals surface area (Å²) in [6, 6.07) is 12.4. The molecule has 0 unspecified atom stereocenters. The van der Waals surface area contributed by atoms with Gasteiger partial charge in [-0.05, 0) is 55.7 Å². The Morgan fingerprint density at radius 1 is 0.889 bits per heavy atom. The zero-order valence-electron chi connectivity index (χ0n) is 11.4. The van der Waals surface area contributed by atoms with Gasteiger partial charge in [-0.2, -0.15) is 0 Å². The second-order valence-corrected chi connectivity index (χ2v) is 4.57. The molecule has 0 spiro atoms. The number of hydrogen-bond acceptors (Lipinski definition) is 2. The molecule has 0 saturated heterocycles. The third-order valence-electron chi connectivity index (χ3n) is 3.17. The molecule has 94 valence electrons. The van der Waals surface area contributed by atoms with E-state index >= 15 is 0 Å². The first-order chi connectivity index (χ1) is 8.61. The predicted octanol–water partition coefficient (Wildman–Crippen LogP) is 4.36. The number of nitrogens with one attached hydrogen (secondary N) is 1. The highest BCUT2D eigenvalue weighted by Crippen LogP contribution is 2.28. The van der Waals surface area contributed by atoms with Crippen molar-refractivity contribution >= 4 is 11.4 Å². The lowest BCUT2D eigenvalue weighted by molar-refractivity contribution is 0.414. The molecule has 0 aromatic heterocycles. The number of anilines is 2. The standard InChI is InChI=1S/C16H19NO/c1-11-6-5-7-12(2)16(11)17-15-9-8-14(18-4)10-13(15)3/h5-10,17H,1-4H3. The van der Waals surface area contributed by atoms with Crippen molar-refractivity contribution in [3.05, 3.63) is 53.1 Å². The molecular weight excluding hydrogens is 222 g/mol. The van der Waals surface area contributed by atoms with Gasteiger partial charge in [0.2, 0.25) is 0 Å². The molecule has 2 rings (SSSR count). The molecule has 0 bridgehead atoms. The van der Waals surface area contributed by atoms with Crippen molar-refractivity contribution in [1.82, 2.24) is 0 Å². The van der Waals surface area contributed by atoms with Crippen LogP contribution in [0.4, 0.5) is 11.4 Å². The SMILES string of the molecule is COc1ccc(Nc2c(C)cccc2C)c(C)c1. The fourth-order valence-corrected chi connectivity index (χ4v) is 2.05. The van der Waals surface area contributed by atoms with Gasteiger partial charge in [-0.1, -0.05) is 18.2 Å². The molecule has 2 heteroatoms. The second-order valence-electron chi connectivity index (χ2n) is 4.57. The van der Waals surface area contributed by atoms with Crippen molar-refractivity contribution in [1.29, 1.82) is 0 Å². The van der Waals surface area contributed by atoms with Crippen molar-refractivity contribution < 1.29 is 4.74 Å². The molecule has 0 amide bonds. The van der Waals surface area contributed by atoms with E-state index in [-0.39, 0.29) is 0 Å². The topological polar surface area (TPSA) is 21.3 Å². The number of hydrogen-bond donors (Lipinski definition) is 1. The Labute approximate surface area is 109 Å². The van der Waals surface area contributed by atoms with Crippen LogP contribution in [0.2, 0.25) is 0 Å². The summed E-state index contributed by atoms with van der Waals surface area (Å²) in [4.78, 5) is 0. The van der Waals surface area contributed by atoms with Gasteiger partial charge in [0.1, 0.15) is 5.75 Å². The molecule has 0 saturated carbocycles. The van der Waals surface area contributed by atoms with Crippen LogP contribution in [0.15, 0.2) is 36.4 Å². The summed E-state index contributed by atoms with van der Waals surface area (Å²) in [5, 5.41) is 3.50. The van der Waals surface area contributed by atoms with Gasteiger partial charge < -0.3 is 10.1 Å². The van der Waals surface area contributed by atoms with E-state index in [9.17, 15) is 0 Å². The van der Waals surface area contributed by atoms with Crippen LogP contribution in [0.3, 0.4) is 0 Å². The van der Waals surface area contributed by atoms with Crippen molar-refractivity contribution in [3.63, 3.8) is 0 Å². The van der Waals surface area contributed by atoms with Gasteiger partial charge in [-0.3, -0.25) is 0 Å². The van der Waals surface area contributed by atoms with Crippen molar-refractivity contribution in [3.8, 4) is 5.75 Å². The van der Waals surface area contributed by atoms with Gasteiger partial charge in [0.25, 0.3) is 0 Å². The van der Waals surface area contributed by atoms with Crippen LogP contribution >= 0.6 is 0 Å². The molecule has 1 N–H and O–H groups in total. The Morgan fingerprint density at radius 3 is 2.11 bits per heavy atom. The fourth-order valence-electron chi connectivity index (χ4n) is 2.05. The first-order valence-corrected chi connectivity index (χ1v) is 6.09. The van der Waals surface area contributed by atoms with Crippen molar-refractivity contribution in [2.24, 2.45) is 0 Å². The highest BCUT2D eigenvalue weighted by atomic mass is 16.5. The Balaban J connectivity index is 2.34. The molecule has 0 atom stereocenters. The van der Waals surface area contributed by atoms with E-state index in [0.29, 0.717) is 0 Å². The first kappa shape index (κ1) is 12.5. The largest absolute Gasteiger partial charge is 0.497 e. The molecule has 0 aliphatic rings. The molecule has 2 aromatic rings. The van der Waals surface area contributed by atoms with Crippen LogP contribution in [0, 0.1) is 20.8 Å². The van der Waals surface area contributed by atoms with E-state index in [1.54, 1.807) is 7.11 Å². The average molecular weight is 241 g/mol. The number of aryl methyl sites for hydroxylation is 3. The summed E-state index contributed by atoms with van der Waals surface area (Å²) < 4.78 is 5.22. The second kappa shape index (κ2) is 5.13. The van der Waals surface area contributed by atoms with Crippen LogP contribution in [-0.4, -0.2) is 7.11 Å². The van der Waals surface area contributed by atoms with E-state index < -0.39 is 0 Å². The normalized spacial score (nSPS) is 10.2. The minimum atomic E-state index is 0.888. The molecule has 0 heterocycles. The number of benzene rings is 2. The lowest BCUT2D eigenvalue weighted by atomic mass is 10.1. The lowest BCUT2D eigenvalue weighted by Crippen LogP contribution is -1.98. The molecule has 2 nitrogen and oxygen atoms in total. The monoisotopic (exact) mass is 241 g/mol. The van der Waals surface area contributed by atoms with Crippen molar-refractivity contribution in [2.45, 2.75) is 20.8 Å². The van der Waals surface area contributed by atoms with Gasteiger partial charge >= 0.3 is 0 Å². The Morgan fingerprint density at radius 2 is 1.56 bits per heavy atom. The third-order valence-corrected chi connectivity index (χ3v) is 3.17. The van der Waals surface area contributed by atoms with Crippen LogP contribution in [0.1, 0.15) is 16.7 Å². The van der Waals surface area contributed by atoms with E-state index in [4.69, 9.17) is 4.74 Å². The minimum absolute atomic E-state index is 0.888. The molecule has 0 radical (unpaired) electrons. The van der Waals surface area contributed by atoms with Gasteiger partial charge in [-0.15, -0.1) is 0 Å².